The summed E-state index contributed by atoms with van der Waals surface area (Å²) >= 11 is 0. The van der Waals surface area contributed by atoms with Crippen molar-refractivity contribution in [3.8, 4) is 11.5 Å². The Labute approximate surface area is 162 Å². The van der Waals surface area contributed by atoms with E-state index in [2.05, 4.69) is 0 Å². The minimum absolute atomic E-state index is 0.0690. The average molecular weight is 407 g/mol. The Balaban J connectivity index is 1.85. The van der Waals surface area contributed by atoms with Crippen LogP contribution in [0.2, 0.25) is 0 Å². The van der Waals surface area contributed by atoms with Crippen molar-refractivity contribution in [2.45, 2.75) is 29.1 Å². The van der Waals surface area contributed by atoms with Crippen molar-refractivity contribution in [3.63, 3.8) is 0 Å². The Morgan fingerprint density at radius 1 is 1.14 bits per heavy atom. The maximum atomic E-state index is 13.0. The van der Waals surface area contributed by atoms with Crippen LogP contribution in [0.3, 0.4) is 0 Å². The van der Waals surface area contributed by atoms with Gasteiger partial charge in [-0.25, -0.2) is 13.9 Å². The van der Waals surface area contributed by atoms with E-state index in [1.54, 1.807) is 12.1 Å². The van der Waals surface area contributed by atoms with Crippen LogP contribution in [-0.4, -0.2) is 48.7 Å². The number of hydrogen-bond acceptors (Lipinski definition) is 7. The van der Waals surface area contributed by atoms with Crippen LogP contribution >= 0.6 is 0 Å². The van der Waals surface area contributed by atoms with Gasteiger partial charge in [0.05, 0.1) is 11.5 Å². The fourth-order valence-corrected chi connectivity index (χ4v) is 5.01. The van der Waals surface area contributed by atoms with Gasteiger partial charge in [-0.15, -0.1) is 0 Å². The summed E-state index contributed by atoms with van der Waals surface area (Å²) in [5, 5.41) is 18.0. The van der Waals surface area contributed by atoms with E-state index >= 15 is 0 Å². The Morgan fingerprint density at radius 2 is 1.71 bits per heavy atom. The van der Waals surface area contributed by atoms with Gasteiger partial charge in [0.15, 0.2) is 15.4 Å². The molecule has 3 rings (SSSR count). The van der Waals surface area contributed by atoms with Crippen molar-refractivity contribution in [1.82, 2.24) is 5.48 Å². The first-order chi connectivity index (χ1) is 13.3. The number of rotatable bonds is 5. The Kier molecular flexibility index (Phi) is 5.71. The molecule has 1 saturated heterocycles. The number of ether oxygens (including phenoxy) is 2. The fraction of sp³-hybridized carbons (Fsp3) is 0.316. The van der Waals surface area contributed by atoms with Crippen molar-refractivity contribution >= 4 is 15.7 Å². The van der Waals surface area contributed by atoms with Crippen LogP contribution in [0.5, 0.6) is 11.5 Å². The monoisotopic (exact) mass is 407 g/mol. The van der Waals surface area contributed by atoms with Gasteiger partial charge in [0.25, 0.3) is 5.91 Å². The van der Waals surface area contributed by atoms with Crippen LogP contribution in [0.4, 0.5) is 0 Å². The second-order valence-corrected chi connectivity index (χ2v) is 8.76. The summed E-state index contributed by atoms with van der Waals surface area (Å²) < 4.78 is 36.8. The SMILES string of the molecule is Cc1ccc(Oc2ccc(S(=O)(=O)[C@@H]3CCOC[C@]3(O)C(=O)NO)cc2)cc1. The van der Waals surface area contributed by atoms with Gasteiger partial charge < -0.3 is 14.6 Å². The largest absolute Gasteiger partial charge is 0.457 e. The number of sulfone groups is 1. The lowest BCUT2D eigenvalue weighted by Gasteiger charge is -2.36. The third kappa shape index (κ3) is 3.88. The molecule has 1 aliphatic heterocycles. The zero-order valence-electron chi connectivity index (χ0n) is 15.2. The fourth-order valence-electron chi connectivity index (χ4n) is 3.07. The molecule has 2 aromatic rings. The lowest BCUT2D eigenvalue weighted by atomic mass is 9.95. The molecule has 2 atom stereocenters. The number of carbonyl (C=O) groups is 1. The number of carbonyl (C=O) groups excluding carboxylic acids is 1. The van der Waals surface area contributed by atoms with E-state index in [-0.39, 0.29) is 17.9 Å². The highest BCUT2D eigenvalue weighted by Crippen LogP contribution is 2.32. The zero-order chi connectivity index (χ0) is 20.4. The minimum atomic E-state index is -4.08. The summed E-state index contributed by atoms with van der Waals surface area (Å²) in [6, 6.07) is 13.1. The predicted octanol–water partition coefficient (Wildman–Crippen LogP) is 1.59. The lowest BCUT2D eigenvalue weighted by Crippen LogP contribution is -2.62. The van der Waals surface area contributed by atoms with Crippen LogP contribution in [-0.2, 0) is 19.4 Å². The molecule has 28 heavy (non-hydrogen) atoms. The molecule has 0 radical (unpaired) electrons. The number of benzene rings is 2. The molecule has 1 amide bonds. The average Bonchev–Trinajstić information content (AvgIpc) is 2.69. The molecule has 1 aliphatic rings. The van der Waals surface area contributed by atoms with E-state index in [1.807, 2.05) is 19.1 Å². The third-order valence-corrected chi connectivity index (χ3v) is 6.96. The Morgan fingerprint density at radius 3 is 2.29 bits per heavy atom. The molecular weight excluding hydrogens is 386 g/mol. The van der Waals surface area contributed by atoms with Gasteiger partial charge >= 0.3 is 0 Å². The molecule has 9 heteroatoms. The van der Waals surface area contributed by atoms with E-state index in [4.69, 9.17) is 14.7 Å². The molecule has 0 aliphatic carbocycles. The summed E-state index contributed by atoms with van der Waals surface area (Å²) in [6.45, 7) is 1.50. The summed E-state index contributed by atoms with van der Waals surface area (Å²) in [6.07, 6.45) is -0.0894. The zero-order valence-corrected chi connectivity index (χ0v) is 16.0. The second kappa shape index (κ2) is 7.88. The van der Waals surface area contributed by atoms with Gasteiger partial charge in [-0.1, -0.05) is 17.7 Å². The normalized spacial score (nSPS) is 22.5. The molecule has 1 fully saturated rings. The van der Waals surface area contributed by atoms with Crippen molar-refractivity contribution < 1.29 is 33.0 Å². The lowest BCUT2D eigenvalue weighted by molar-refractivity contribution is -0.161. The van der Waals surface area contributed by atoms with Gasteiger partial charge in [-0.2, -0.15) is 0 Å². The highest BCUT2D eigenvalue weighted by molar-refractivity contribution is 7.92. The molecule has 1 heterocycles. The minimum Gasteiger partial charge on any atom is -0.457 e. The summed E-state index contributed by atoms with van der Waals surface area (Å²) in [7, 11) is -4.08. The van der Waals surface area contributed by atoms with Crippen LogP contribution in [0.15, 0.2) is 53.4 Å². The topological polar surface area (TPSA) is 122 Å². The second-order valence-electron chi connectivity index (χ2n) is 6.63. The van der Waals surface area contributed by atoms with E-state index in [0.717, 1.165) is 5.56 Å². The number of aliphatic hydroxyl groups is 1. The van der Waals surface area contributed by atoms with Crippen molar-refractivity contribution in [1.29, 1.82) is 0 Å². The van der Waals surface area contributed by atoms with E-state index < -0.39 is 33.2 Å². The maximum Gasteiger partial charge on any atom is 0.279 e. The molecule has 3 N–H and O–H groups in total. The summed E-state index contributed by atoms with van der Waals surface area (Å²) in [4.78, 5) is 11.8. The molecule has 8 nitrogen and oxygen atoms in total. The highest BCUT2D eigenvalue weighted by atomic mass is 32.2. The van der Waals surface area contributed by atoms with Crippen LogP contribution in [0.1, 0.15) is 12.0 Å². The first-order valence-electron chi connectivity index (χ1n) is 8.60. The molecule has 0 spiro atoms. The molecule has 0 unspecified atom stereocenters. The smallest absolute Gasteiger partial charge is 0.279 e. The first-order valence-corrected chi connectivity index (χ1v) is 10.1. The van der Waals surface area contributed by atoms with Crippen molar-refractivity contribution in [2.75, 3.05) is 13.2 Å². The van der Waals surface area contributed by atoms with Gasteiger partial charge in [0, 0.05) is 6.61 Å². The number of amides is 1. The number of nitrogens with one attached hydrogen (secondary N) is 1. The molecule has 150 valence electrons. The first kappa shape index (κ1) is 20.3. The van der Waals surface area contributed by atoms with Crippen LogP contribution < -0.4 is 10.2 Å². The van der Waals surface area contributed by atoms with Crippen LogP contribution in [0.25, 0.3) is 0 Å². The molecule has 2 aromatic carbocycles. The van der Waals surface area contributed by atoms with Crippen molar-refractivity contribution in [3.05, 3.63) is 54.1 Å². The summed E-state index contributed by atoms with van der Waals surface area (Å²) in [5.41, 5.74) is 0.0173. The van der Waals surface area contributed by atoms with Gasteiger partial charge in [-0.3, -0.25) is 10.0 Å². The molecular formula is C19H21NO7S. The third-order valence-electron chi connectivity index (χ3n) is 4.66. The van der Waals surface area contributed by atoms with Gasteiger partial charge in [0.1, 0.15) is 16.7 Å². The number of aryl methyl sites for hydroxylation is 1. The van der Waals surface area contributed by atoms with E-state index in [0.29, 0.717) is 11.5 Å². The van der Waals surface area contributed by atoms with Crippen LogP contribution in [0, 0.1) is 6.92 Å². The Bertz CT molecular complexity index is 941. The number of hydroxylamine groups is 1. The standard InChI is InChI=1S/C19H21NO7S/c1-13-2-4-14(5-3-13)27-15-6-8-16(9-7-15)28(24,25)17-10-11-26-12-19(17,22)18(21)20-23/h2-9,17,22-23H,10-12H2,1H3,(H,20,21)/t17-,19-/m1/s1. The predicted molar refractivity (Wildman–Crippen MR) is 99.0 cm³/mol. The quantitative estimate of drug-likeness (QED) is 0.508. The molecule has 0 bridgehead atoms. The maximum absolute atomic E-state index is 13.0. The van der Waals surface area contributed by atoms with Crippen molar-refractivity contribution in [2.24, 2.45) is 0 Å². The summed E-state index contributed by atoms with van der Waals surface area (Å²) in [5.74, 6) is -0.169. The highest BCUT2D eigenvalue weighted by Gasteiger charge is 2.53. The molecule has 0 saturated carbocycles. The Hall–Kier alpha value is -2.46. The van der Waals surface area contributed by atoms with E-state index in [9.17, 15) is 18.3 Å². The number of hydrogen-bond donors (Lipinski definition) is 3. The van der Waals surface area contributed by atoms with Gasteiger partial charge in [-0.05, 0) is 49.7 Å². The van der Waals surface area contributed by atoms with Gasteiger partial charge in [0.2, 0.25) is 0 Å². The van der Waals surface area contributed by atoms with E-state index in [1.165, 1.54) is 29.7 Å². The molecule has 0 aromatic heterocycles.